The maximum Gasteiger partial charge on any atom is 0.191 e. The van der Waals surface area contributed by atoms with Gasteiger partial charge < -0.3 is 10.3 Å². The summed E-state index contributed by atoms with van der Waals surface area (Å²) < 4.78 is 16.1. The van der Waals surface area contributed by atoms with Crippen LogP contribution in [0.3, 0.4) is 0 Å². The van der Waals surface area contributed by atoms with E-state index in [1.807, 2.05) is 10.6 Å². The molecular weight excluding hydrogens is 325 g/mol. The number of halogens is 1. The van der Waals surface area contributed by atoms with E-state index in [0.29, 0.717) is 39.8 Å². The van der Waals surface area contributed by atoms with Crippen LogP contribution in [-0.4, -0.2) is 25.3 Å². The molecule has 2 aromatic heterocycles. The number of thioether (sulfide) groups is 1. The van der Waals surface area contributed by atoms with Crippen LogP contribution in [0.25, 0.3) is 11.2 Å². The highest BCUT2D eigenvalue weighted by Gasteiger charge is 2.13. The Morgan fingerprint density at radius 2 is 2.12 bits per heavy atom. The first kappa shape index (κ1) is 16.7. The molecule has 5 nitrogen and oxygen atoms in total. The fourth-order valence-electron chi connectivity index (χ4n) is 2.45. The molecule has 0 radical (unpaired) electrons. The van der Waals surface area contributed by atoms with E-state index in [0.717, 1.165) is 18.6 Å². The van der Waals surface area contributed by atoms with Crippen LogP contribution in [0, 0.1) is 12.7 Å². The number of fused-ring (bicyclic) bond motifs is 1. The van der Waals surface area contributed by atoms with Crippen molar-refractivity contribution >= 4 is 28.7 Å². The second-order valence-electron chi connectivity index (χ2n) is 5.69. The highest BCUT2D eigenvalue weighted by atomic mass is 32.2. The third kappa shape index (κ3) is 3.36. The molecule has 0 aliphatic heterocycles. The van der Waals surface area contributed by atoms with Crippen LogP contribution in [0.1, 0.15) is 30.9 Å². The van der Waals surface area contributed by atoms with E-state index in [4.69, 9.17) is 5.73 Å². The summed E-state index contributed by atoms with van der Waals surface area (Å²) in [4.78, 5) is 13.2. The van der Waals surface area contributed by atoms with Gasteiger partial charge in [0.1, 0.15) is 11.3 Å². The zero-order valence-electron chi connectivity index (χ0n) is 13.8. The third-order valence-corrected chi connectivity index (χ3v) is 4.75. The van der Waals surface area contributed by atoms with Crippen molar-refractivity contribution in [3.8, 4) is 0 Å². The van der Waals surface area contributed by atoms with Crippen molar-refractivity contribution in [2.24, 2.45) is 0 Å². The highest BCUT2D eigenvalue weighted by molar-refractivity contribution is 7.99. The summed E-state index contributed by atoms with van der Waals surface area (Å²) in [6, 6.07) is 5.38. The van der Waals surface area contributed by atoms with Crippen molar-refractivity contribution < 1.29 is 4.39 Å². The molecule has 126 valence electrons. The smallest absolute Gasteiger partial charge is 0.191 e. The summed E-state index contributed by atoms with van der Waals surface area (Å²) in [5.41, 5.74) is 8.44. The van der Waals surface area contributed by atoms with Crippen LogP contribution in [0.5, 0.6) is 0 Å². The van der Waals surface area contributed by atoms with E-state index in [1.54, 1.807) is 37.1 Å². The van der Waals surface area contributed by atoms with Crippen molar-refractivity contribution in [3.63, 3.8) is 0 Å². The number of nitrogen functional groups attached to an aromatic ring is 1. The Morgan fingerprint density at radius 3 is 2.92 bits per heavy atom. The van der Waals surface area contributed by atoms with Crippen LogP contribution >= 0.6 is 11.8 Å². The Kier molecular flexibility index (Phi) is 4.99. The Hall–Kier alpha value is -2.15. The average Bonchev–Trinajstić information content (AvgIpc) is 2.96. The lowest BCUT2D eigenvalue weighted by molar-refractivity contribution is 0.592. The molecule has 1 aromatic carbocycles. The van der Waals surface area contributed by atoms with Crippen LogP contribution in [0.15, 0.2) is 29.7 Å². The number of unbranched alkanes of at least 4 members (excludes halogenated alkanes) is 1. The van der Waals surface area contributed by atoms with E-state index < -0.39 is 0 Å². The summed E-state index contributed by atoms with van der Waals surface area (Å²) in [5.74, 6) is 1.11. The van der Waals surface area contributed by atoms with E-state index >= 15 is 0 Å². The molecule has 0 aliphatic carbocycles. The van der Waals surface area contributed by atoms with Gasteiger partial charge in [-0.1, -0.05) is 43.3 Å². The monoisotopic (exact) mass is 345 g/mol. The van der Waals surface area contributed by atoms with Crippen molar-refractivity contribution in [3.05, 3.63) is 41.5 Å². The zero-order valence-corrected chi connectivity index (χ0v) is 14.6. The number of hydrogen-bond donors (Lipinski definition) is 1. The number of aromatic nitrogens is 4. The number of hydrogen-bond acceptors (Lipinski definition) is 5. The van der Waals surface area contributed by atoms with Gasteiger partial charge in [-0.3, -0.25) is 0 Å². The molecule has 0 spiro atoms. The number of imidazole rings is 1. The largest absolute Gasteiger partial charge is 0.382 e. The number of nitrogens with zero attached hydrogens (tertiary/aromatic N) is 4. The lowest BCUT2D eigenvalue weighted by Crippen LogP contribution is -2.04. The topological polar surface area (TPSA) is 69.6 Å². The van der Waals surface area contributed by atoms with Gasteiger partial charge in [-0.05, 0) is 18.9 Å². The second kappa shape index (κ2) is 7.17. The van der Waals surface area contributed by atoms with Gasteiger partial charge in [0.05, 0.1) is 12.9 Å². The standard InChI is InChI=1S/C17H20FN5S/c1-3-4-8-24-17-21-15(19)14-16(22-17)23(10-20-14)9-12-7-5-6-11(2)13(12)18/h5-7,10H,3-4,8-9H2,1-2H3,(H2,19,21,22). The van der Waals surface area contributed by atoms with E-state index in [2.05, 4.69) is 21.9 Å². The molecule has 0 saturated carbocycles. The first-order chi connectivity index (χ1) is 11.6. The maximum atomic E-state index is 14.3. The van der Waals surface area contributed by atoms with E-state index in [-0.39, 0.29) is 5.82 Å². The molecule has 0 aliphatic rings. The van der Waals surface area contributed by atoms with Gasteiger partial charge in [0.15, 0.2) is 16.6 Å². The number of benzene rings is 1. The number of anilines is 1. The van der Waals surface area contributed by atoms with Gasteiger partial charge in [0.2, 0.25) is 0 Å². The molecule has 0 bridgehead atoms. The summed E-state index contributed by atoms with van der Waals surface area (Å²) in [5, 5.41) is 0.639. The van der Waals surface area contributed by atoms with Gasteiger partial charge in [0.25, 0.3) is 0 Å². The van der Waals surface area contributed by atoms with Crippen LogP contribution in [0.4, 0.5) is 10.2 Å². The number of rotatable bonds is 6. The van der Waals surface area contributed by atoms with Gasteiger partial charge in [-0.25, -0.2) is 19.3 Å². The molecule has 7 heteroatoms. The average molecular weight is 345 g/mol. The minimum absolute atomic E-state index is 0.195. The Balaban J connectivity index is 1.94. The Labute approximate surface area is 144 Å². The lowest BCUT2D eigenvalue weighted by atomic mass is 10.1. The summed E-state index contributed by atoms with van der Waals surface area (Å²) in [6.07, 6.45) is 3.85. The quantitative estimate of drug-likeness (QED) is 0.418. The molecule has 2 N–H and O–H groups in total. The van der Waals surface area contributed by atoms with Crippen LogP contribution in [-0.2, 0) is 6.54 Å². The second-order valence-corrected chi connectivity index (χ2v) is 6.75. The SMILES string of the molecule is CCCCSc1nc(N)c2ncn(Cc3cccc(C)c3F)c2n1. The molecule has 0 atom stereocenters. The summed E-state index contributed by atoms with van der Waals surface area (Å²) in [6.45, 7) is 4.26. The fraction of sp³-hybridized carbons (Fsp3) is 0.353. The predicted octanol–water partition coefficient (Wildman–Crippen LogP) is 3.80. The molecular formula is C17H20FN5S. The summed E-state index contributed by atoms with van der Waals surface area (Å²) >= 11 is 1.58. The highest BCUT2D eigenvalue weighted by Crippen LogP contribution is 2.23. The van der Waals surface area contributed by atoms with Crippen LogP contribution in [0.2, 0.25) is 0 Å². The van der Waals surface area contributed by atoms with Crippen molar-refractivity contribution in [2.45, 2.75) is 38.4 Å². The maximum absolute atomic E-state index is 14.3. The molecule has 2 heterocycles. The Morgan fingerprint density at radius 1 is 1.29 bits per heavy atom. The zero-order chi connectivity index (χ0) is 17.1. The van der Waals surface area contributed by atoms with Gasteiger partial charge >= 0.3 is 0 Å². The minimum atomic E-state index is -0.195. The molecule has 0 amide bonds. The van der Waals surface area contributed by atoms with Crippen molar-refractivity contribution in [2.75, 3.05) is 11.5 Å². The fourth-order valence-corrected chi connectivity index (χ4v) is 3.38. The third-order valence-electron chi connectivity index (χ3n) is 3.81. The van der Waals surface area contributed by atoms with E-state index in [1.165, 1.54) is 0 Å². The first-order valence-electron chi connectivity index (χ1n) is 7.95. The van der Waals surface area contributed by atoms with Gasteiger partial charge in [-0.15, -0.1) is 0 Å². The summed E-state index contributed by atoms with van der Waals surface area (Å²) in [7, 11) is 0. The van der Waals surface area contributed by atoms with Crippen molar-refractivity contribution in [1.82, 2.24) is 19.5 Å². The molecule has 3 aromatic rings. The number of aryl methyl sites for hydroxylation is 1. The lowest BCUT2D eigenvalue weighted by Gasteiger charge is -2.08. The predicted molar refractivity (Wildman–Crippen MR) is 95.6 cm³/mol. The molecule has 3 rings (SSSR count). The Bertz CT molecular complexity index is 862. The van der Waals surface area contributed by atoms with E-state index in [9.17, 15) is 4.39 Å². The molecule has 0 saturated heterocycles. The normalized spacial score (nSPS) is 11.3. The first-order valence-corrected chi connectivity index (χ1v) is 8.93. The molecule has 0 fully saturated rings. The number of nitrogens with two attached hydrogens (primary N) is 1. The van der Waals surface area contributed by atoms with Gasteiger partial charge in [-0.2, -0.15) is 0 Å². The molecule has 0 unspecified atom stereocenters. The minimum Gasteiger partial charge on any atom is -0.382 e. The van der Waals surface area contributed by atoms with Crippen molar-refractivity contribution in [1.29, 1.82) is 0 Å². The van der Waals surface area contributed by atoms with Crippen LogP contribution < -0.4 is 5.73 Å². The van der Waals surface area contributed by atoms with Gasteiger partial charge in [0, 0.05) is 11.3 Å². The molecule has 24 heavy (non-hydrogen) atoms.